The maximum absolute atomic E-state index is 2.70. The van der Waals surface area contributed by atoms with Crippen LogP contribution in [0, 0.1) is 0 Å². The van der Waals surface area contributed by atoms with Crippen molar-refractivity contribution in [3.05, 3.63) is 203 Å². The van der Waals surface area contributed by atoms with E-state index in [9.17, 15) is 0 Å². The number of anilines is 6. The highest BCUT2D eigenvalue weighted by molar-refractivity contribution is 7.00. The monoisotopic (exact) mass is 936 g/mol. The molecule has 0 saturated carbocycles. The number of rotatable bonds is 3. The van der Waals surface area contributed by atoms with E-state index in [1.807, 2.05) is 0 Å². The van der Waals surface area contributed by atoms with E-state index in [1.54, 1.807) is 0 Å². The van der Waals surface area contributed by atoms with Gasteiger partial charge >= 0.3 is 0 Å². The van der Waals surface area contributed by atoms with Crippen LogP contribution in [0.2, 0.25) is 0 Å². The summed E-state index contributed by atoms with van der Waals surface area (Å²) in [6.45, 7) is 30.5. The van der Waals surface area contributed by atoms with E-state index >= 15 is 0 Å². The fourth-order valence-electron chi connectivity index (χ4n) is 13.1. The van der Waals surface area contributed by atoms with E-state index in [0.29, 0.717) is 0 Å². The maximum atomic E-state index is 2.70. The zero-order valence-electron chi connectivity index (χ0n) is 44.5. The molecular weight excluding hydrogens is 870 g/mol. The van der Waals surface area contributed by atoms with Gasteiger partial charge in [-0.2, -0.15) is 0 Å². The lowest BCUT2D eigenvalue weighted by Gasteiger charge is -2.43. The molecule has 0 amide bonds. The molecule has 0 fully saturated rings. The molecule has 9 aromatic rings. The molecule has 5 heterocycles. The van der Waals surface area contributed by atoms with Crippen LogP contribution < -0.4 is 26.2 Å². The second-order valence-electron chi connectivity index (χ2n) is 25.5. The van der Waals surface area contributed by atoms with E-state index in [0.717, 1.165) is 17.1 Å². The minimum atomic E-state index is -0.306. The van der Waals surface area contributed by atoms with Crippen molar-refractivity contribution in [3.63, 3.8) is 0 Å². The van der Waals surface area contributed by atoms with Gasteiger partial charge in [0, 0.05) is 67.0 Å². The second kappa shape index (κ2) is 14.8. The SMILES string of the molecule is CC(C)(C)c1ccc(N(c2ccc(C(C)(C)C)cc2)c2ccc3c(c2)N2c4ccc(C(C)(C)C)cc4-c4ccc(cc4)C(C)(C)c4cc2c2c(c4)-n4c5c(c6cccc(c64)B32)C(C)(C)c2ccccc2-5)cc1. The van der Waals surface area contributed by atoms with Gasteiger partial charge in [0.25, 0.3) is 6.71 Å². The number of fused-ring (bicyclic) bond motifs is 11. The number of para-hydroxylation sites is 1. The Morgan fingerprint density at radius 2 is 1.04 bits per heavy atom. The summed E-state index contributed by atoms with van der Waals surface area (Å²) in [6.07, 6.45) is 0. The van der Waals surface area contributed by atoms with Crippen LogP contribution in [0.3, 0.4) is 0 Å². The van der Waals surface area contributed by atoms with Crippen LogP contribution >= 0.6 is 0 Å². The van der Waals surface area contributed by atoms with Crippen LogP contribution in [-0.2, 0) is 27.1 Å². The Hall–Kier alpha value is -7.04. The fourth-order valence-corrected chi connectivity index (χ4v) is 13.1. The Morgan fingerprint density at radius 3 is 1.68 bits per heavy atom. The molecule has 4 aliphatic heterocycles. The number of nitrogens with zero attached hydrogens (tertiary/aromatic N) is 3. The summed E-state index contributed by atoms with van der Waals surface area (Å²) >= 11 is 0. The molecule has 4 heteroatoms. The molecule has 356 valence electrons. The Kier molecular flexibility index (Phi) is 9.21. The smallest absolute Gasteiger partial charge is 0.252 e. The molecular formula is C68H66BN3. The average Bonchev–Trinajstić information content (AvgIpc) is 3.82. The summed E-state index contributed by atoms with van der Waals surface area (Å²) in [5, 5.41) is 1.36. The Bertz CT molecular complexity index is 3670. The lowest BCUT2D eigenvalue weighted by atomic mass is 9.33. The predicted molar refractivity (Wildman–Crippen MR) is 309 cm³/mol. The lowest BCUT2D eigenvalue weighted by molar-refractivity contribution is 0.590. The molecule has 0 unspecified atom stereocenters. The van der Waals surface area contributed by atoms with Gasteiger partial charge in [0.1, 0.15) is 0 Å². The highest BCUT2D eigenvalue weighted by Crippen LogP contribution is 2.56. The Labute approximate surface area is 428 Å². The first kappa shape index (κ1) is 44.9. The van der Waals surface area contributed by atoms with Crippen molar-refractivity contribution < 1.29 is 0 Å². The van der Waals surface area contributed by atoms with Gasteiger partial charge in [-0.3, -0.25) is 0 Å². The molecule has 3 nitrogen and oxygen atoms in total. The minimum absolute atomic E-state index is 0.00154. The molecule has 5 aliphatic rings. The first-order valence-electron chi connectivity index (χ1n) is 26.3. The Morgan fingerprint density at radius 1 is 0.444 bits per heavy atom. The number of hydrogen-bond acceptors (Lipinski definition) is 2. The van der Waals surface area contributed by atoms with E-state index in [-0.39, 0.29) is 33.8 Å². The first-order chi connectivity index (χ1) is 34.1. The second-order valence-corrected chi connectivity index (χ2v) is 25.5. The topological polar surface area (TPSA) is 11.4 Å². The van der Waals surface area contributed by atoms with Crippen molar-refractivity contribution in [1.82, 2.24) is 4.57 Å². The average molecular weight is 936 g/mol. The van der Waals surface area contributed by atoms with Crippen molar-refractivity contribution in [1.29, 1.82) is 0 Å². The van der Waals surface area contributed by atoms with E-state index in [4.69, 9.17) is 0 Å². The standard InChI is InChI=1S/C68H66BN3/c1-64(2,3)42-25-30-47(31-26-42)70(48-32-27-43(28-33-48)65(4,5)6)49-34-35-54-57(40-49)71-56-36-29-45(66(7,8)9)37-52(56)41-21-23-44(24-22-41)67(10,11)46-38-58(71)61-59(39-46)72-62-51(18-16-20-55(62)69(54)61)60-63(72)50-17-14-15-19-53(50)68(60,12)13/h14-40H,1-13H3. The maximum Gasteiger partial charge on any atom is 0.252 e. The quantitative estimate of drug-likeness (QED) is 0.164. The molecule has 14 rings (SSSR count). The van der Waals surface area contributed by atoms with Crippen molar-refractivity contribution in [3.8, 4) is 28.1 Å². The van der Waals surface area contributed by atoms with Crippen LogP contribution in [0.25, 0.3) is 39.0 Å². The van der Waals surface area contributed by atoms with Crippen molar-refractivity contribution in [2.45, 2.75) is 117 Å². The predicted octanol–water partition coefficient (Wildman–Crippen LogP) is 16.2. The molecule has 72 heavy (non-hydrogen) atoms. The van der Waals surface area contributed by atoms with Gasteiger partial charge in [0.15, 0.2) is 0 Å². The van der Waals surface area contributed by atoms with Gasteiger partial charge in [-0.15, -0.1) is 0 Å². The van der Waals surface area contributed by atoms with E-state index in [1.165, 1.54) is 111 Å². The van der Waals surface area contributed by atoms with Gasteiger partial charge in [-0.1, -0.05) is 193 Å². The number of benzene rings is 8. The number of hydrogen-bond donors (Lipinski definition) is 0. The van der Waals surface area contributed by atoms with Crippen molar-refractivity contribution in [2.24, 2.45) is 0 Å². The highest BCUT2D eigenvalue weighted by atomic mass is 15.2. The van der Waals surface area contributed by atoms with Gasteiger partial charge in [-0.25, -0.2) is 0 Å². The summed E-state index contributed by atoms with van der Waals surface area (Å²) in [7, 11) is 0. The van der Waals surface area contributed by atoms with Crippen LogP contribution in [0.15, 0.2) is 164 Å². The van der Waals surface area contributed by atoms with Crippen LogP contribution in [-0.4, -0.2) is 11.3 Å². The largest absolute Gasteiger partial charge is 0.311 e. The van der Waals surface area contributed by atoms with Crippen molar-refractivity contribution in [2.75, 3.05) is 9.80 Å². The lowest BCUT2D eigenvalue weighted by Crippen LogP contribution is -2.60. The zero-order chi connectivity index (χ0) is 50.2. The molecule has 0 atom stereocenters. The van der Waals surface area contributed by atoms with Gasteiger partial charge in [-0.05, 0) is 138 Å². The molecule has 1 aliphatic carbocycles. The first-order valence-corrected chi connectivity index (χ1v) is 26.3. The Balaban J connectivity index is 1.16. The van der Waals surface area contributed by atoms with Crippen LogP contribution in [0.4, 0.5) is 34.1 Å². The molecule has 0 radical (unpaired) electrons. The molecule has 1 aromatic heterocycles. The molecule has 0 N–H and O–H groups in total. The normalized spacial score (nSPS) is 15.5. The third kappa shape index (κ3) is 6.30. The molecule has 0 spiro atoms. The third-order valence-corrected chi connectivity index (χ3v) is 17.3. The van der Waals surface area contributed by atoms with E-state index in [2.05, 4.69) is 268 Å². The molecule has 0 saturated heterocycles. The summed E-state index contributed by atoms with van der Waals surface area (Å²) in [5.74, 6) is 0. The van der Waals surface area contributed by atoms with Crippen LogP contribution in [0.5, 0.6) is 0 Å². The molecule has 4 bridgehead atoms. The van der Waals surface area contributed by atoms with Gasteiger partial charge in [0.2, 0.25) is 0 Å². The van der Waals surface area contributed by atoms with E-state index < -0.39 is 0 Å². The van der Waals surface area contributed by atoms with Crippen LogP contribution in [0.1, 0.15) is 129 Å². The minimum Gasteiger partial charge on any atom is -0.311 e. The summed E-state index contributed by atoms with van der Waals surface area (Å²) < 4.78 is 2.70. The summed E-state index contributed by atoms with van der Waals surface area (Å²) in [4.78, 5) is 5.15. The van der Waals surface area contributed by atoms with Gasteiger partial charge in [0.05, 0.1) is 11.4 Å². The summed E-state index contributed by atoms with van der Waals surface area (Å²) in [5.41, 5.74) is 27.9. The third-order valence-electron chi connectivity index (χ3n) is 17.3. The highest BCUT2D eigenvalue weighted by Gasteiger charge is 2.48. The zero-order valence-corrected chi connectivity index (χ0v) is 44.5. The molecule has 8 aromatic carbocycles. The summed E-state index contributed by atoms with van der Waals surface area (Å²) in [6, 6.07) is 64.3. The van der Waals surface area contributed by atoms with Crippen molar-refractivity contribution >= 4 is 68.1 Å². The van der Waals surface area contributed by atoms with Gasteiger partial charge < -0.3 is 14.4 Å². The number of aromatic nitrogens is 1. The fraction of sp³-hybridized carbons (Fsp3) is 0.265.